The Balaban J connectivity index is 1.73. The molecule has 6 heteroatoms. The Morgan fingerprint density at radius 2 is 1.50 bits per heavy atom. The van der Waals surface area contributed by atoms with Crippen LogP contribution in [0.2, 0.25) is 0 Å². The highest BCUT2D eigenvalue weighted by molar-refractivity contribution is 7.91. The molecule has 1 N–H and O–H groups in total. The fraction of sp³-hybridized carbons (Fsp3) is 0.208. The summed E-state index contributed by atoms with van der Waals surface area (Å²) in [6, 6.07) is 24.6. The molecule has 0 aromatic heterocycles. The van der Waals surface area contributed by atoms with E-state index in [1.165, 1.54) is 0 Å². The van der Waals surface area contributed by atoms with Crippen molar-refractivity contribution in [3.05, 3.63) is 96.1 Å². The molecule has 3 aromatic rings. The molecule has 30 heavy (non-hydrogen) atoms. The van der Waals surface area contributed by atoms with Crippen molar-refractivity contribution in [2.24, 2.45) is 0 Å². The maximum Gasteiger partial charge on any atom is 0.224 e. The van der Waals surface area contributed by atoms with Crippen molar-refractivity contribution in [1.29, 1.82) is 0 Å². The van der Waals surface area contributed by atoms with Crippen LogP contribution in [0.4, 0.5) is 0 Å². The van der Waals surface area contributed by atoms with Gasteiger partial charge in [-0.2, -0.15) is 0 Å². The summed E-state index contributed by atoms with van der Waals surface area (Å²) in [6.45, 7) is 2.49. The smallest absolute Gasteiger partial charge is 0.224 e. The minimum absolute atomic E-state index is 0.00287. The van der Waals surface area contributed by atoms with Crippen LogP contribution in [-0.4, -0.2) is 27.5 Å². The molecule has 0 saturated carbocycles. The van der Waals surface area contributed by atoms with Crippen molar-refractivity contribution in [2.45, 2.75) is 23.5 Å². The third kappa shape index (κ3) is 5.48. The summed E-state index contributed by atoms with van der Waals surface area (Å²) in [7, 11) is -3.67. The van der Waals surface area contributed by atoms with Crippen LogP contribution in [0.25, 0.3) is 0 Å². The molecule has 156 valence electrons. The second-order valence-electron chi connectivity index (χ2n) is 6.82. The Bertz CT molecular complexity index is 1050. The Hall–Kier alpha value is -3.12. The van der Waals surface area contributed by atoms with Crippen LogP contribution < -0.4 is 10.1 Å². The third-order valence-electron chi connectivity index (χ3n) is 4.70. The van der Waals surface area contributed by atoms with E-state index in [9.17, 15) is 13.2 Å². The molecule has 0 heterocycles. The van der Waals surface area contributed by atoms with Gasteiger partial charge in [-0.25, -0.2) is 8.42 Å². The summed E-state index contributed by atoms with van der Waals surface area (Å²) < 4.78 is 31.9. The quantitative estimate of drug-likeness (QED) is 0.565. The molecule has 0 unspecified atom stereocenters. The standard InChI is InChI=1S/C24H25NO4S/c1-2-29-21-15-13-19(14-16-21)17-24(26)25-18-23(20-9-5-3-6-10-20)30(27,28)22-11-7-4-8-12-22/h3-16,23H,2,17-18H2,1H3,(H,25,26)/t23-/m0/s1. The molecule has 1 atom stereocenters. The van der Waals surface area contributed by atoms with Crippen molar-refractivity contribution < 1.29 is 17.9 Å². The van der Waals surface area contributed by atoms with Crippen LogP contribution in [0.15, 0.2) is 89.8 Å². The van der Waals surface area contributed by atoms with Crippen LogP contribution in [0.3, 0.4) is 0 Å². The van der Waals surface area contributed by atoms with Crippen LogP contribution in [-0.2, 0) is 21.1 Å². The summed E-state index contributed by atoms with van der Waals surface area (Å²) in [5.41, 5.74) is 1.47. The van der Waals surface area contributed by atoms with Gasteiger partial charge in [0.2, 0.25) is 5.91 Å². The number of benzene rings is 3. The van der Waals surface area contributed by atoms with Gasteiger partial charge in [-0.1, -0.05) is 60.7 Å². The molecular weight excluding hydrogens is 398 g/mol. The van der Waals surface area contributed by atoms with Gasteiger partial charge in [-0.05, 0) is 42.3 Å². The molecule has 0 saturated heterocycles. The summed E-state index contributed by atoms with van der Waals surface area (Å²) in [6.07, 6.45) is 0.166. The molecule has 1 amide bonds. The second kappa shape index (κ2) is 10.1. The molecule has 0 spiro atoms. The number of rotatable bonds is 9. The Kier molecular flexibility index (Phi) is 7.25. The van der Waals surface area contributed by atoms with Crippen molar-refractivity contribution >= 4 is 15.7 Å². The van der Waals surface area contributed by atoms with E-state index in [-0.39, 0.29) is 23.8 Å². The summed E-state index contributed by atoms with van der Waals surface area (Å²) in [5, 5.41) is 1.93. The number of carbonyl (C=O) groups is 1. The first kappa shape index (κ1) is 21.6. The molecular formula is C24H25NO4S. The third-order valence-corrected chi connectivity index (χ3v) is 6.82. The van der Waals surface area contributed by atoms with Gasteiger partial charge >= 0.3 is 0 Å². The molecule has 3 aromatic carbocycles. The molecule has 0 aliphatic rings. The van der Waals surface area contributed by atoms with E-state index >= 15 is 0 Å². The number of hydrogen-bond donors (Lipinski definition) is 1. The number of ether oxygens (including phenoxy) is 1. The van der Waals surface area contributed by atoms with Crippen molar-refractivity contribution in [3.8, 4) is 5.75 Å². The Morgan fingerprint density at radius 1 is 0.900 bits per heavy atom. The zero-order valence-corrected chi connectivity index (χ0v) is 17.6. The lowest BCUT2D eigenvalue weighted by atomic mass is 10.1. The summed E-state index contributed by atoms with van der Waals surface area (Å²) in [4.78, 5) is 12.7. The Labute approximate surface area is 177 Å². The van der Waals surface area contributed by atoms with E-state index < -0.39 is 15.1 Å². The molecule has 0 aliphatic heterocycles. The van der Waals surface area contributed by atoms with Gasteiger partial charge in [0, 0.05) is 6.54 Å². The fourth-order valence-corrected chi connectivity index (χ4v) is 4.86. The maximum atomic E-state index is 13.2. The summed E-state index contributed by atoms with van der Waals surface area (Å²) >= 11 is 0. The van der Waals surface area contributed by atoms with Gasteiger partial charge in [0.1, 0.15) is 11.0 Å². The number of carbonyl (C=O) groups excluding carboxylic acids is 1. The number of nitrogens with one attached hydrogen (secondary N) is 1. The molecule has 5 nitrogen and oxygen atoms in total. The van der Waals surface area contributed by atoms with Gasteiger partial charge in [0.15, 0.2) is 9.84 Å². The molecule has 0 bridgehead atoms. The molecule has 0 aliphatic carbocycles. The van der Waals surface area contributed by atoms with E-state index in [1.807, 2.05) is 37.3 Å². The van der Waals surface area contributed by atoms with E-state index in [0.717, 1.165) is 11.3 Å². The van der Waals surface area contributed by atoms with E-state index in [2.05, 4.69) is 5.32 Å². The van der Waals surface area contributed by atoms with Crippen molar-refractivity contribution in [2.75, 3.05) is 13.2 Å². The van der Waals surface area contributed by atoms with E-state index in [1.54, 1.807) is 54.6 Å². The zero-order chi connectivity index (χ0) is 21.4. The van der Waals surface area contributed by atoms with Crippen molar-refractivity contribution in [1.82, 2.24) is 5.32 Å². The second-order valence-corrected chi connectivity index (χ2v) is 8.95. The average Bonchev–Trinajstić information content (AvgIpc) is 2.77. The number of amides is 1. The molecule has 3 rings (SSSR count). The average molecular weight is 424 g/mol. The van der Waals surface area contributed by atoms with Crippen LogP contribution >= 0.6 is 0 Å². The normalized spacial score (nSPS) is 12.2. The molecule has 0 fully saturated rings. The van der Waals surface area contributed by atoms with Crippen LogP contribution in [0.5, 0.6) is 5.75 Å². The van der Waals surface area contributed by atoms with Crippen molar-refractivity contribution in [3.63, 3.8) is 0 Å². The predicted molar refractivity (Wildman–Crippen MR) is 117 cm³/mol. The predicted octanol–water partition coefficient (Wildman–Crippen LogP) is 3.96. The fourth-order valence-electron chi connectivity index (χ4n) is 3.17. The SMILES string of the molecule is CCOc1ccc(CC(=O)NC[C@@H](c2ccccc2)S(=O)(=O)c2ccccc2)cc1. The van der Waals surface area contributed by atoms with Gasteiger partial charge in [-0.15, -0.1) is 0 Å². The minimum Gasteiger partial charge on any atom is -0.494 e. The number of sulfone groups is 1. The maximum absolute atomic E-state index is 13.2. The minimum atomic E-state index is -3.67. The van der Waals surface area contributed by atoms with Crippen LogP contribution in [0, 0.1) is 0 Å². The van der Waals surface area contributed by atoms with Gasteiger partial charge in [0.05, 0.1) is 17.9 Å². The largest absolute Gasteiger partial charge is 0.494 e. The molecule has 0 radical (unpaired) electrons. The Morgan fingerprint density at radius 3 is 2.10 bits per heavy atom. The van der Waals surface area contributed by atoms with Crippen LogP contribution in [0.1, 0.15) is 23.3 Å². The zero-order valence-electron chi connectivity index (χ0n) is 16.8. The first-order chi connectivity index (χ1) is 14.5. The van der Waals surface area contributed by atoms with E-state index in [0.29, 0.717) is 12.2 Å². The number of hydrogen-bond acceptors (Lipinski definition) is 4. The topological polar surface area (TPSA) is 72.5 Å². The highest BCUT2D eigenvalue weighted by atomic mass is 32.2. The lowest BCUT2D eigenvalue weighted by molar-refractivity contribution is -0.120. The first-order valence-electron chi connectivity index (χ1n) is 9.83. The summed E-state index contributed by atoms with van der Waals surface area (Å²) in [5.74, 6) is 0.517. The first-order valence-corrected chi connectivity index (χ1v) is 11.4. The lowest BCUT2D eigenvalue weighted by Gasteiger charge is -2.19. The van der Waals surface area contributed by atoms with Gasteiger partial charge < -0.3 is 10.1 Å². The van der Waals surface area contributed by atoms with Gasteiger partial charge in [0.25, 0.3) is 0 Å². The van der Waals surface area contributed by atoms with Gasteiger partial charge in [-0.3, -0.25) is 4.79 Å². The lowest BCUT2D eigenvalue weighted by Crippen LogP contribution is -2.32. The monoisotopic (exact) mass is 423 g/mol. The highest BCUT2D eigenvalue weighted by Crippen LogP contribution is 2.28. The highest BCUT2D eigenvalue weighted by Gasteiger charge is 2.29. The van der Waals surface area contributed by atoms with E-state index in [4.69, 9.17) is 4.74 Å².